The molecule has 2 bridgehead atoms. The number of hydrogen-bond acceptors (Lipinski definition) is 2. The summed E-state index contributed by atoms with van der Waals surface area (Å²) in [6.07, 6.45) is 1.37. The minimum absolute atomic E-state index is 0.420. The first-order chi connectivity index (χ1) is 4.81. The van der Waals surface area contributed by atoms with Crippen LogP contribution in [-0.2, 0) is 0 Å². The molecule has 0 aromatic carbocycles. The molecule has 2 unspecified atom stereocenters. The monoisotopic (exact) mass is 141 g/mol. The van der Waals surface area contributed by atoms with E-state index in [-0.39, 0.29) is 0 Å². The summed E-state index contributed by atoms with van der Waals surface area (Å²) in [5.74, 6) is 2.28. The summed E-state index contributed by atoms with van der Waals surface area (Å²) in [5, 5.41) is 8.96. The van der Waals surface area contributed by atoms with Crippen molar-refractivity contribution in [1.29, 1.82) is 0 Å². The number of aliphatic hydroxyl groups excluding tert-OH is 1. The first kappa shape index (κ1) is 6.62. The van der Waals surface area contributed by atoms with E-state index in [0.717, 1.165) is 11.8 Å². The predicted octanol–water partition coefficient (Wildman–Crippen LogP) is 0.176. The third-order valence-corrected chi connectivity index (χ3v) is 3.12. The van der Waals surface area contributed by atoms with Gasteiger partial charge in [-0.15, -0.1) is 0 Å². The summed E-state index contributed by atoms with van der Waals surface area (Å²) >= 11 is 0. The second kappa shape index (κ2) is 2.21. The van der Waals surface area contributed by atoms with Crippen LogP contribution in [0, 0.1) is 17.8 Å². The van der Waals surface area contributed by atoms with Crippen molar-refractivity contribution in [2.45, 2.75) is 6.42 Å². The van der Waals surface area contributed by atoms with Gasteiger partial charge in [0.2, 0.25) is 0 Å². The zero-order valence-electron chi connectivity index (χ0n) is 6.45. The van der Waals surface area contributed by atoms with Crippen LogP contribution >= 0.6 is 0 Å². The van der Waals surface area contributed by atoms with Crippen LogP contribution in [0.3, 0.4) is 0 Å². The molecule has 3 rings (SSSR count). The number of aliphatic hydroxyl groups is 1. The molecule has 3 fully saturated rings. The van der Waals surface area contributed by atoms with Crippen LogP contribution in [0.1, 0.15) is 6.42 Å². The van der Waals surface area contributed by atoms with Crippen LogP contribution in [-0.4, -0.2) is 36.8 Å². The van der Waals surface area contributed by atoms with E-state index in [0.29, 0.717) is 12.5 Å². The highest BCUT2D eigenvalue weighted by Gasteiger charge is 2.44. The van der Waals surface area contributed by atoms with Crippen LogP contribution in [0.25, 0.3) is 0 Å². The summed E-state index contributed by atoms with van der Waals surface area (Å²) < 4.78 is 0. The van der Waals surface area contributed by atoms with Gasteiger partial charge < -0.3 is 10.0 Å². The fraction of sp³-hybridized carbons (Fsp3) is 1.00. The maximum Gasteiger partial charge on any atom is 0.0465 e. The van der Waals surface area contributed by atoms with E-state index in [1.54, 1.807) is 0 Å². The maximum absolute atomic E-state index is 8.96. The molecule has 0 amide bonds. The van der Waals surface area contributed by atoms with Crippen molar-refractivity contribution in [1.82, 2.24) is 4.90 Å². The highest BCUT2D eigenvalue weighted by atomic mass is 16.3. The SMILES string of the molecule is CN1CC2CC(C1)C2CO. The summed E-state index contributed by atoms with van der Waals surface area (Å²) in [6.45, 7) is 2.84. The average molecular weight is 141 g/mol. The lowest BCUT2D eigenvalue weighted by molar-refractivity contribution is -0.0586. The van der Waals surface area contributed by atoms with Crippen LogP contribution in [0.5, 0.6) is 0 Å². The van der Waals surface area contributed by atoms with Gasteiger partial charge in [-0.3, -0.25) is 0 Å². The van der Waals surface area contributed by atoms with E-state index in [4.69, 9.17) is 5.11 Å². The molecule has 3 aliphatic rings. The summed E-state index contributed by atoms with van der Waals surface area (Å²) in [6, 6.07) is 0. The Morgan fingerprint density at radius 1 is 1.40 bits per heavy atom. The Bertz CT molecular complexity index is 125. The van der Waals surface area contributed by atoms with E-state index < -0.39 is 0 Å². The zero-order chi connectivity index (χ0) is 7.14. The quantitative estimate of drug-likeness (QED) is 0.563. The maximum atomic E-state index is 8.96. The normalized spacial score (nSPS) is 46.8. The van der Waals surface area contributed by atoms with Crippen LogP contribution < -0.4 is 0 Å². The lowest BCUT2D eigenvalue weighted by Crippen LogP contribution is -2.54. The molecule has 2 saturated heterocycles. The average Bonchev–Trinajstić information content (AvgIpc) is 1.87. The molecule has 2 heterocycles. The Morgan fingerprint density at radius 3 is 2.50 bits per heavy atom. The number of piperidine rings is 2. The van der Waals surface area contributed by atoms with Gasteiger partial charge in [0.25, 0.3) is 0 Å². The lowest BCUT2D eigenvalue weighted by Gasteiger charge is -2.52. The van der Waals surface area contributed by atoms with E-state index in [1.807, 2.05) is 0 Å². The molecule has 58 valence electrons. The molecule has 1 saturated carbocycles. The van der Waals surface area contributed by atoms with E-state index in [1.165, 1.54) is 19.5 Å². The molecule has 0 aromatic rings. The van der Waals surface area contributed by atoms with Crippen molar-refractivity contribution in [3.05, 3.63) is 0 Å². The number of nitrogens with zero attached hydrogens (tertiary/aromatic N) is 1. The molecular formula is C8H15NO. The summed E-state index contributed by atoms with van der Waals surface area (Å²) in [7, 11) is 2.17. The molecule has 10 heavy (non-hydrogen) atoms. The molecule has 2 atom stereocenters. The smallest absolute Gasteiger partial charge is 0.0465 e. The van der Waals surface area contributed by atoms with Crippen molar-refractivity contribution < 1.29 is 5.11 Å². The van der Waals surface area contributed by atoms with Gasteiger partial charge in [0, 0.05) is 19.7 Å². The van der Waals surface area contributed by atoms with Gasteiger partial charge in [-0.2, -0.15) is 0 Å². The van der Waals surface area contributed by atoms with Gasteiger partial charge in [0.1, 0.15) is 0 Å². The number of hydrogen-bond donors (Lipinski definition) is 1. The first-order valence-corrected chi connectivity index (χ1v) is 4.10. The molecule has 0 radical (unpaired) electrons. The van der Waals surface area contributed by atoms with Gasteiger partial charge in [-0.1, -0.05) is 0 Å². The highest BCUT2D eigenvalue weighted by molar-refractivity contribution is 4.95. The van der Waals surface area contributed by atoms with Gasteiger partial charge >= 0.3 is 0 Å². The summed E-state index contributed by atoms with van der Waals surface area (Å²) in [5.41, 5.74) is 0. The van der Waals surface area contributed by atoms with Gasteiger partial charge in [-0.05, 0) is 31.2 Å². The van der Waals surface area contributed by atoms with Crippen LogP contribution in [0.15, 0.2) is 0 Å². The molecule has 2 heteroatoms. The van der Waals surface area contributed by atoms with Crippen molar-refractivity contribution in [2.24, 2.45) is 17.8 Å². The predicted molar refractivity (Wildman–Crippen MR) is 39.7 cm³/mol. The zero-order valence-corrected chi connectivity index (χ0v) is 6.45. The fourth-order valence-corrected chi connectivity index (χ4v) is 2.52. The molecule has 2 nitrogen and oxygen atoms in total. The first-order valence-electron chi connectivity index (χ1n) is 4.10. The van der Waals surface area contributed by atoms with E-state index >= 15 is 0 Å². The topological polar surface area (TPSA) is 23.5 Å². The third kappa shape index (κ3) is 0.789. The van der Waals surface area contributed by atoms with Crippen molar-refractivity contribution in [2.75, 3.05) is 26.7 Å². The molecule has 0 spiro atoms. The second-order valence-electron chi connectivity index (χ2n) is 3.82. The Labute approximate surface area is 61.8 Å². The minimum Gasteiger partial charge on any atom is -0.396 e. The van der Waals surface area contributed by atoms with E-state index in [2.05, 4.69) is 11.9 Å². The molecule has 2 aliphatic heterocycles. The third-order valence-electron chi connectivity index (χ3n) is 3.12. The van der Waals surface area contributed by atoms with Gasteiger partial charge in [-0.25, -0.2) is 0 Å². The standard InChI is InChI=1S/C8H15NO/c1-9-3-6-2-7(4-9)8(6)5-10/h6-8,10H,2-5H2,1H3. The Hall–Kier alpha value is -0.0800. The van der Waals surface area contributed by atoms with Crippen molar-refractivity contribution >= 4 is 0 Å². The molecular weight excluding hydrogens is 126 g/mol. The lowest BCUT2D eigenvalue weighted by atomic mass is 9.62. The molecule has 1 aliphatic carbocycles. The number of fused-ring (bicyclic) bond motifs is 2. The minimum atomic E-state index is 0.420. The number of rotatable bonds is 1. The largest absolute Gasteiger partial charge is 0.396 e. The van der Waals surface area contributed by atoms with Crippen LogP contribution in [0.4, 0.5) is 0 Å². The Balaban J connectivity index is 1.96. The van der Waals surface area contributed by atoms with Crippen molar-refractivity contribution in [3.63, 3.8) is 0 Å². The Kier molecular flexibility index (Phi) is 1.46. The van der Waals surface area contributed by atoms with Gasteiger partial charge in [0.05, 0.1) is 0 Å². The highest BCUT2D eigenvalue weighted by Crippen LogP contribution is 2.44. The molecule has 0 aromatic heterocycles. The molecule has 1 N–H and O–H groups in total. The van der Waals surface area contributed by atoms with E-state index in [9.17, 15) is 0 Å². The van der Waals surface area contributed by atoms with Crippen LogP contribution in [0.2, 0.25) is 0 Å². The van der Waals surface area contributed by atoms with Crippen molar-refractivity contribution in [3.8, 4) is 0 Å². The Morgan fingerprint density at radius 2 is 2.00 bits per heavy atom. The van der Waals surface area contributed by atoms with Gasteiger partial charge in [0.15, 0.2) is 0 Å². The summed E-state index contributed by atoms with van der Waals surface area (Å²) in [4.78, 5) is 2.38. The second-order valence-corrected chi connectivity index (χ2v) is 3.82. The fourth-order valence-electron chi connectivity index (χ4n) is 2.52.